The summed E-state index contributed by atoms with van der Waals surface area (Å²) in [7, 11) is 3.84. The summed E-state index contributed by atoms with van der Waals surface area (Å²) >= 11 is 0. The number of nitrogens with zero attached hydrogens (tertiary/aromatic N) is 4. The third kappa shape index (κ3) is 4.53. The van der Waals surface area contributed by atoms with Gasteiger partial charge in [-0.3, -0.25) is 14.6 Å². The molecular weight excluding hydrogens is 368 g/mol. The van der Waals surface area contributed by atoms with Gasteiger partial charge in [0.25, 0.3) is 11.5 Å². The molecule has 8 heteroatoms. The molecule has 2 aromatic heterocycles. The lowest BCUT2D eigenvalue weighted by Crippen LogP contribution is -2.19. The Morgan fingerprint density at radius 3 is 2.52 bits per heavy atom. The maximum Gasteiger partial charge on any atom is 0.256 e. The highest BCUT2D eigenvalue weighted by atomic mass is 16.1. The fourth-order valence-corrected chi connectivity index (χ4v) is 2.78. The molecule has 0 radical (unpaired) electrons. The van der Waals surface area contributed by atoms with Crippen molar-refractivity contribution in [2.45, 2.75) is 33.1 Å². The van der Waals surface area contributed by atoms with Crippen LogP contribution in [0.25, 0.3) is 5.95 Å². The normalized spacial score (nSPS) is 11.4. The van der Waals surface area contributed by atoms with Crippen LogP contribution in [0.1, 0.15) is 42.5 Å². The highest BCUT2D eigenvalue weighted by Gasteiger charge is 2.23. The van der Waals surface area contributed by atoms with Crippen LogP contribution in [0.3, 0.4) is 0 Å². The Balaban J connectivity index is 2.04. The van der Waals surface area contributed by atoms with E-state index in [1.807, 2.05) is 58.0 Å². The maximum atomic E-state index is 12.9. The van der Waals surface area contributed by atoms with Gasteiger partial charge in [0.15, 0.2) is 0 Å². The minimum Gasteiger partial charge on any atom is -0.378 e. The van der Waals surface area contributed by atoms with Crippen LogP contribution in [-0.2, 0) is 5.41 Å². The van der Waals surface area contributed by atoms with E-state index in [0.29, 0.717) is 17.1 Å². The zero-order valence-electron chi connectivity index (χ0n) is 17.6. The van der Waals surface area contributed by atoms with E-state index in [9.17, 15) is 9.59 Å². The number of anilines is 2. The molecule has 0 spiro atoms. The summed E-state index contributed by atoms with van der Waals surface area (Å²) in [5, 5.41) is 7.49. The van der Waals surface area contributed by atoms with Crippen molar-refractivity contribution in [1.82, 2.24) is 19.7 Å². The molecule has 29 heavy (non-hydrogen) atoms. The van der Waals surface area contributed by atoms with Gasteiger partial charge in [-0.05, 0) is 25.1 Å². The molecule has 0 aliphatic carbocycles. The van der Waals surface area contributed by atoms with E-state index >= 15 is 0 Å². The van der Waals surface area contributed by atoms with Crippen molar-refractivity contribution in [3.63, 3.8) is 0 Å². The Morgan fingerprint density at radius 2 is 1.90 bits per heavy atom. The van der Waals surface area contributed by atoms with Gasteiger partial charge in [-0.1, -0.05) is 26.8 Å². The predicted octanol–water partition coefficient (Wildman–Crippen LogP) is 2.88. The molecule has 1 aromatic carbocycles. The van der Waals surface area contributed by atoms with Crippen LogP contribution < -0.4 is 15.8 Å². The lowest BCUT2D eigenvalue weighted by atomic mass is 9.92. The SMILES string of the molecule is Cc1cc(=O)[nH]c(-n2nc(C(C)(C)C)cc2NC(=O)c2cccc(N(C)C)c2)n1. The first kappa shape index (κ1) is 20.3. The number of hydrogen-bond donors (Lipinski definition) is 2. The zero-order chi connectivity index (χ0) is 21.3. The highest BCUT2D eigenvalue weighted by molar-refractivity contribution is 6.04. The summed E-state index contributed by atoms with van der Waals surface area (Å²) in [5.74, 6) is 0.414. The topological polar surface area (TPSA) is 95.9 Å². The lowest BCUT2D eigenvalue weighted by Gasteiger charge is -2.13. The van der Waals surface area contributed by atoms with E-state index in [-0.39, 0.29) is 22.8 Å². The Labute approximate surface area is 169 Å². The van der Waals surface area contributed by atoms with Gasteiger partial charge in [-0.25, -0.2) is 4.98 Å². The molecule has 0 saturated carbocycles. The van der Waals surface area contributed by atoms with Crippen molar-refractivity contribution < 1.29 is 4.79 Å². The standard InChI is InChI=1S/C21H26N6O2/c1-13-10-18(28)24-20(22-13)27-17(12-16(25-27)21(2,3)4)23-19(29)14-8-7-9-15(11-14)26(5)6/h7-12H,1-6H3,(H,23,29)(H,22,24,28). The van der Waals surface area contributed by atoms with Gasteiger partial charge in [-0.2, -0.15) is 9.78 Å². The number of carbonyl (C=O) groups is 1. The first-order valence-electron chi connectivity index (χ1n) is 9.32. The minimum absolute atomic E-state index is 0.250. The molecule has 1 amide bonds. The van der Waals surface area contributed by atoms with Crippen LogP contribution >= 0.6 is 0 Å². The van der Waals surface area contributed by atoms with E-state index < -0.39 is 0 Å². The zero-order valence-corrected chi connectivity index (χ0v) is 17.6. The van der Waals surface area contributed by atoms with Crippen molar-refractivity contribution >= 4 is 17.4 Å². The molecule has 0 saturated heterocycles. The van der Waals surface area contributed by atoms with Crippen molar-refractivity contribution in [3.05, 3.63) is 63.7 Å². The summed E-state index contributed by atoms with van der Waals surface area (Å²) in [4.78, 5) is 33.8. The van der Waals surface area contributed by atoms with Gasteiger partial charge in [0, 0.05) is 48.6 Å². The maximum absolute atomic E-state index is 12.9. The summed E-state index contributed by atoms with van der Waals surface area (Å²) in [6.07, 6.45) is 0. The lowest BCUT2D eigenvalue weighted by molar-refractivity contribution is 0.102. The second-order valence-electron chi connectivity index (χ2n) is 8.19. The summed E-state index contributed by atoms with van der Waals surface area (Å²) in [6, 6.07) is 10.5. The third-order valence-corrected chi connectivity index (χ3v) is 4.40. The van der Waals surface area contributed by atoms with Crippen LogP contribution in [0.15, 0.2) is 41.2 Å². The van der Waals surface area contributed by atoms with Crippen LogP contribution in [0, 0.1) is 6.92 Å². The van der Waals surface area contributed by atoms with E-state index in [1.165, 1.54) is 10.7 Å². The van der Waals surface area contributed by atoms with Crippen LogP contribution in [-0.4, -0.2) is 39.8 Å². The molecule has 3 rings (SSSR count). The Bertz CT molecular complexity index is 1100. The fraction of sp³-hybridized carbons (Fsp3) is 0.333. The second kappa shape index (κ2) is 7.54. The van der Waals surface area contributed by atoms with Gasteiger partial charge in [0.1, 0.15) is 5.82 Å². The average molecular weight is 394 g/mol. The van der Waals surface area contributed by atoms with E-state index in [4.69, 9.17) is 0 Å². The number of H-pyrrole nitrogens is 1. The van der Waals surface area contributed by atoms with E-state index in [0.717, 1.165) is 11.4 Å². The smallest absolute Gasteiger partial charge is 0.256 e. The molecule has 2 N–H and O–H groups in total. The number of benzene rings is 1. The second-order valence-corrected chi connectivity index (χ2v) is 8.19. The van der Waals surface area contributed by atoms with Gasteiger partial charge in [-0.15, -0.1) is 0 Å². The number of rotatable bonds is 4. The molecule has 2 heterocycles. The molecule has 0 aliphatic heterocycles. The van der Waals surface area contributed by atoms with Gasteiger partial charge >= 0.3 is 0 Å². The largest absolute Gasteiger partial charge is 0.378 e. The van der Waals surface area contributed by atoms with Gasteiger partial charge < -0.3 is 10.2 Å². The molecule has 0 unspecified atom stereocenters. The first-order chi connectivity index (χ1) is 13.5. The average Bonchev–Trinajstić information content (AvgIpc) is 3.05. The Kier molecular flexibility index (Phi) is 5.28. The highest BCUT2D eigenvalue weighted by Crippen LogP contribution is 2.26. The van der Waals surface area contributed by atoms with E-state index in [2.05, 4.69) is 20.4 Å². The number of aromatic amines is 1. The number of nitrogens with one attached hydrogen (secondary N) is 2. The number of carbonyl (C=O) groups excluding carboxylic acids is 1. The predicted molar refractivity (Wildman–Crippen MR) is 114 cm³/mol. The van der Waals surface area contributed by atoms with Crippen molar-refractivity contribution in [2.75, 3.05) is 24.3 Å². The Hall–Kier alpha value is -3.42. The van der Waals surface area contributed by atoms with Gasteiger partial charge in [0.2, 0.25) is 5.95 Å². The molecular formula is C21H26N6O2. The summed E-state index contributed by atoms with van der Waals surface area (Å²) in [6.45, 7) is 7.81. The summed E-state index contributed by atoms with van der Waals surface area (Å²) < 4.78 is 1.46. The third-order valence-electron chi connectivity index (χ3n) is 4.40. The van der Waals surface area contributed by atoms with Crippen molar-refractivity contribution in [3.8, 4) is 5.95 Å². The fourth-order valence-electron chi connectivity index (χ4n) is 2.78. The molecule has 0 aliphatic rings. The molecule has 8 nitrogen and oxygen atoms in total. The first-order valence-corrected chi connectivity index (χ1v) is 9.32. The monoisotopic (exact) mass is 394 g/mol. The Morgan fingerprint density at radius 1 is 1.17 bits per heavy atom. The molecule has 3 aromatic rings. The molecule has 0 fully saturated rings. The minimum atomic E-state index is -0.281. The van der Waals surface area contributed by atoms with Crippen molar-refractivity contribution in [2.24, 2.45) is 0 Å². The van der Waals surface area contributed by atoms with Crippen LogP contribution in [0.5, 0.6) is 0 Å². The van der Waals surface area contributed by atoms with Crippen molar-refractivity contribution in [1.29, 1.82) is 0 Å². The van der Waals surface area contributed by atoms with Crippen LogP contribution in [0.2, 0.25) is 0 Å². The summed E-state index contributed by atoms with van der Waals surface area (Å²) in [5.41, 5.74) is 2.24. The number of aromatic nitrogens is 4. The van der Waals surface area contributed by atoms with Gasteiger partial charge in [0.05, 0.1) is 5.69 Å². The molecule has 0 atom stereocenters. The quantitative estimate of drug-likeness (QED) is 0.709. The number of amides is 1. The van der Waals surface area contributed by atoms with E-state index in [1.54, 1.807) is 19.1 Å². The number of aryl methyl sites for hydroxylation is 1. The number of hydrogen-bond acceptors (Lipinski definition) is 5. The van der Waals surface area contributed by atoms with Crippen LogP contribution in [0.4, 0.5) is 11.5 Å². The molecule has 152 valence electrons. The molecule has 0 bridgehead atoms.